The van der Waals surface area contributed by atoms with Crippen molar-refractivity contribution in [3.8, 4) is 0 Å². The van der Waals surface area contributed by atoms with E-state index in [0.717, 1.165) is 44.8 Å². The summed E-state index contributed by atoms with van der Waals surface area (Å²) in [5, 5.41) is 17.7. The van der Waals surface area contributed by atoms with Crippen LogP contribution in [0.4, 0.5) is 0 Å². The molecule has 108 valence electrons. The number of aliphatic hydroxyl groups is 1. The maximum Gasteiger partial charge on any atom is 0.129 e. The van der Waals surface area contributed by atoms with E-state index in [1.54, 1.807) is 6.33 Å². The highest BCUT2D eigenvalue weighted by Gasteiger charge is 2.33. The van der Waals surface area contributed by atoms with Crippen LogP contribution < -0.4 is 0 Å². The molecule has 1 aliphatic rings. The molecule has 1 atom stereocenters. The van der Waals surface area contributed by atoms with Gasteiger partial charge in [-0.05, 0) is 32.7 Å². The van der Waals surface area contributed by atoms with Gasteiger partial charge in [-0.25, -0.2) is 0 Å². The van der Waals surface area contributed by atoms with Crippen molar-refractivity contribution in [1.82, 2.24) is 19.7 Å². The summed E-state index contributed by atoms with van der Waals surface area (Å²) < 4.78 is 2.09. The third-order valence-corrected chi connectivity index (χ3v) is 4.32. The average molecular weight is 266 g/mol. The highest BCUT2D eigenvalue weighted by atomic mass is 16.3. The lowest BCUT2D eigenvalue weighted by molar-refractivity contribution is 0.0237. The first-order chi connectivity index (χ1) is 9.19. The molecule has 0 aromatic carbocycles. The molecule has 5 heteroatoms. The number of nitrogens with zero attached hydrogens (tertiary/aromatic N) is 4. The summed E-state index contributed by atoms with van der Waals surface area (Å²) in [5.74, 6) is 0.971. The van der Waals surface area contributed by atoms with Crippen LogP contribution in [0.15, 0.2) is 6.33 Å². The molecule has 1 aliphatic heterocycles. The molecular weight excluding hydrogens is 240 g/mol. The van der Waals surface area contributed by atoms with E-state index in [2.05, 4.69) is 26.6 Å². The Balaban J connectivity index is 1.89. The van der Waals surface area contributed by atoms with Gasteiger partial charge in [0.05, 0.1) is 0 Å². The summed E-state index contributed by atoms with van der Waals surface area (Å²) in [5.41, 5.74) is 0.134. The summed E-state index contributed by atoms with van der Waals surface area (Å²) in [6.07, 6.45) is 6.44. The lowest BCUT2D eigenvalue weighted by Crippen LogP contribution is -2.46. The molecule has 0 unspecified atom stereocenters. The quantitative estimate of drug-likeness (QED) is 0.847. The summed E-state index contributed by atoms with van der Waals surface area (Å²) in [7, 11) is 0. The van der Waals surface area contributed by atoms with Gasteiger partial charge in [-0.15, -0.1) is 10.2 Å². The summed E-state index contributed by atoms with van der Waals surface area (Å²) in [4.78, 5) is 2.48. The SMILES string of the molecule is CCC[C@]1(CO)CCCN(CCn2cnnc2C)C1. The van der Waals surface area contributed by atoms with Gasteiger partial charge in [0.2, 0.25) is 0 Å². The maximum absolute atomic E-state index is 9.73. The maximum atomic E-state index is 9.73. The van der Waals surface area contributed by atoms with Gasteiger partial charge in [0, 0.05) is 31.7 Å². The number of aliphatic hydroxyl groups excluding tert-OH is 1. The summed E-state index contributed by atoms with van der Waals surface area (Å²) in [6, 6.07) is 0. The molecule has 0 amide bonds. The van der Waals surface area contributed by atoms with Crippen LogP contribution in [0.2, 0.25) is 0 Å². The topological polar surface area (TPSA) is 54.2 Å². The fraction of sp³-hybridized carbons (Fsp3) is 0.857. The predicted molar refractivity (Wildman–Crippen MR) is 74.9 cm³/mol. The number of hydrogen-bond acceptors (Lipinski definition) is 4. The molecule has 2 rings (SSSR count). The minimum Gasteiger partial charge on any atom is -0.396 e. The number of rotatable bonds is 6. The monoisotopic (exact) mass is 266 g/mol. The van der Waals surface area contributed by atoms with Crippen LogP contribution in [0.5, 0.6) is 0 Å². The van der Waals surface area contributed by atoms with Crippen molar-refractivity contribution >= 4 is 0 Å². The van der Waals surface area contributed by atoms with Gasteiger partial charge in [0.25, 0.3) is 0 Å². The van der Waals surface area contributed by atoms with E-state index in [-0.39, 0.29) is 5.41 Å². The van der Waals surface area contributed by atoms with Gasteiger partial charge in [0.15, 0.2) is 0 Å². The largest absolute Gasteiger partial charge is 0.396 e. The number of aryl methyl sites for hydroxylation is 1. The molecule has 1 saturated heterocycles. The second-order valence-corrected chi connectivity index (χ2v) is 5.86. The molecule has 0 saturated carbocycles. The molecular formula is C14H26N4O. The number of aromatic nitrogens is 3. The van der Waals surface area contributed by atoms with Crippen molar-refractivity contribution < 1.29 is 5.11 Å². The second-order valence-electron chi connectivity index (χ2n) is 5.86. The third kappa shape index (κ3) is 3.54. The van der Waals surface area contributed by atoms with Crippen molar-refractivity contribution in [2.24, 2.45) is 5.41 Å². The van der Waals surface area contributed by atoms with Crippen LogP contribution in [0.3, 0.4) is 0 Å². The molecule has 1 N–H and O–H groups in total. The number of likely N-dealkylation sites (tertiary alicyclic amines) is 1. The lowest BCUT2D eigenvalue weighted by atomic mass is 9.77. The van der Waals surface area contributed by atoms with E-state index < -0.39 is 0 Å². The zero-order valence-corrected chi connectivity index (χ0v) is 12.2. The van der Waals surface area contributed by atoms with Gasteiger partial charge in [-0.1, -0.05) is 13.3 Å². The molecule has 1 aromatic heterocycles. The Hall–Kier alpha value is -0.940. The normalized spacial score (nSPS) is 24.8. The number of hydrogen-bond donors (Lipinski definition) is 1. The third-order valence-electron chi connectivity index (χ3n) is 4.32. The summed E-state index contributed by atoms with van der Waals surface area (Å²) in [6.45, 7) is 8.64. The Labute approximate surface area is 115 Å². The first kappa shape index (κ1) is 14.5. The second kappa shape index (κ2) is 6.48. The smallest absolute Gasteiger partial charge is 0.129 e. The van der Waals surface area contributed by atoms with E-state index in [9.17, 15) is 5.11 Å². The van der Waals surface area contributed by atoms with E-state index in [1.165, 1.54) is 12.8 Å². The standard InChI is InChI=1S/C14H26N4O/c1-3-5-14(11-19)6-4-7-17(10-14)8-9-18-12-15-16-13(18)2/h12,19H,3-11H2,1-2H3/t14-/m0/s1. The first-order valence-electron chi connectivity index (χ1n) is 7.37. The van der Waals surface area contributed by atoms with Crippen LogP contribution in [0, 0.1) is 12.3 Å². The highest BCUT2D eigenvalue weighted by molar-refractivity contribution is 4.87. The molecule has 0 spiro atoms. The van der Waals surface area contributed by atoms with Crippen LogP contribution >= 0.6 is 0 Å². The Morgan fingerprint density at radius 2 is 2.26 bits per heavy atom. The van der Waals surface area contributed by atoms with E-state index in [1.807, 2.05) is 6.92 Å². The Kier molecular flexibility index (Phi) is 4.93. The molecule has 0 bridgehead atoms. The average Bonchev–Trinajstić information content (AvgIpc) is 2.83. The van der Waals surface area contributed by atoms with Crippen LogP contribution in [-0.2, 0) is 6.54 Å². The highest BCUT2D eigenvalue weighted by Crippen LogP contribution is 2.34. The predicted octanol–water partition coefficient (Wildman–Crippen LogP) is 1.46. The van der Waals surface area contributed by atoms with Crippen LogP contribution in [0.25, 0.3) is 0 Å². The Bertz CT molecular complexity index is 389. The fourth-order valence-electron chi connectivity index (χ4n) is 3.22. The zero-order valence-electron chi connectivity index (χ0n) is 12.2. The molecule has 5 nitrogen and oxygen atoms in total. The van der Waals surface area contributed by atoms with Crippen molar-refractivity contribution in [3.63, 3.8) is 0 Å². The molecule has 0 aliphatic carbocycles. The van der Waals surface area contributed by atoms with Crippen molar-refractivity contribution in [1.29, 1.82) is 0 Å². The number of piperidine rings is 1. The zero-order chi connectivity index (χ0) is 13.7. The molecule has 19 heavy (non-hydrogen) atoms. The van der Waals surface area contributed by atoms with Gasteiger partial charge in [0.1, 0.15) is 12.2 Å². The van der Waals surface area contributed by atoms with Gasteiger partial charge in [-0.3, -0.25) is 0 Å². The fourth-order valence-corrected chi connectivity index (χ4v) is 3.22. The van der Waals surface area contributed by atoms with E-state index in [4.69, 9.17) is 0 Å². The van der Waals surface area contributed by atoms with Crippen LogP contribution in [-0.4, -0.2) is 51.0 Å². The Morgan fingerprint density at radius 1 is 1.42 bits per heavy atom. The van der Waals surface area contributed by atoms with Crippen molar-refractivity contribution in [2.75, 3.05) is 26.2 Å². The van der Waals surface area contributed by atoms with Gasteiger partial charge in [-0.2, -0.15) is 0 Å². The first-order valence-corrected chi connectivity index (χ1v) is 7.37. The van der Waals surface area contributed by atoms with Crippen molar-refractivity contribution in [2.45, 2.75) is 46.1 Å². The summed E-state index contributed by atoms with van der Waals surface area (Å²) >= 11 is 0. The molecule has 0 radical (unpaired) electrons. The lowest BCUT2D eigenvalue weighted by Gasteiger charge is -2.42. The van der Waals surface area contributed by atoms with E-state index in [0.29, 0.717) is 6.61 Å². The van der Waals surface area contributed by atoms with Crippen molar-refractivity contribution in [3.05, 3.63) is 12.2 Å². The molecule has 1 aromatic rings. The molecule has 2 heterocycles. The Morgan fingerprint density at radius 3 is 2.89 bits per heavy atom. The minimum atomic E-state index is 0.134. The van der Waals surface area contributed by atoms with Crippen LogP contribution in [0.1, 0.15) is 38.4 Å². The van der Waals surface area contributed by atoms with Gasteiger partial charge >= 0.3 is 0 Å². The molecule has 1 fully saturated rings. The van der Waals surface area contributed by atoms with E-state index >= 15 is 0 Å². The minimum absolute atomic E-state index is 0.134. The van der Waals surface area contributed by atoms with Gasteiger partial charge < -0.3 is 14.6 Å².